The number of aliphatic hydroxyl groups is 1. The second-order valence-corrected chi connectivity index (χ2v) is 13.7. The molecule has 0 bridgehead atoms. The van der Waals surface area contributed by atoms with E-state index in [0.29, 0.717) is 64.8 Å². The predicted octanol–water partition coefficient (Wildman–Crippen LogP) is 5.16. The zero-order chi connectivity index (χ0) is 25.4. The first-order valence-corrected chi connectivity index (χ1v) is 14.8. The van der Waals surface area contributed by atoms with Gasteiger partial charge in [0.25, 0.3) is 0 Å². The summed E-state index contributed by atoms with van der Waals surface area (Å²) in [5.74, 6) is 3.53. The molecule has 0 amide bonds. The molecule has 0 aliphatic heterocycles. The van der Waals surface area contributed by atoms with Crippen LogP contribution in [0.1, 0.15) is 98.8 Å². The first kappa shape index (κ1) is 27.4. The van der Waals surface area contributed by atoms with Crippen molar-refractivity contribution < 1.29 is 14.6 Å². The molecule has 0 saturated heterocycles. The minimum Gasteiger partial charge on any atom is -0.469 e. The molecular weight excluding hydrogens is 436 g/mol. The minimum absolute atomic E-state index is 0.0804. The van der Waals surface area contributed by atoms with Crippen LogP contribution in [-0.2, 0) is 9.53 Å². The summed E-state index contributed by atoms with van der Waals surface area (Å²) in [6, 6.07) is 1.14. The second-order valence-electron chi connectivity index (χ2n) is 13.7. The molecule has 0 heterocycles. The van der Waals surface area contributed by atoms with Crippen molar-refractivity contribution in [3.63, 3.8) is 0 Å². The van der Waals surface area contributed by atoms with Crippen LogP contribution < -0.4 is 10.6 Å². The molecule has 4 rings (SSSR count). The Hall–Kier alpha value is -0.650. The number of nitrogens with one attached hydrogen (secondary N) is 2. The van der Waals surface area contributed by atoms with Gasteiger partial charge >= 0.3 is 5.97 Å². The highest BCUT2D eigenvalue weighted by atomic mass is 16.5. The highest BCUT2D eigenvalue weighted by Gasteiger charge is 2.62. The number of aliphatic hydroxyl groups excluding tert-OH is 1. The van der Waals surface area contributed by atoms with E-state index < -0.39 is 0 Å². The molecule has 5 nitrogen and oxygen atoms in total. The van der Waals surface area contributed by atoms with Crippen LogP contribution in [0.3, 0.4) is 0 Å². The summed E-state index contributed by atoms with van der Waals surface area (Å²) < 4.78 is 4.91. The van der Waals surface area contributed by atoms with E-state index in [1.807, 2.05) is 0 Å². The predicted molar refractivity (Wildman–Crippen MR) is 142 cm³/mol. The fourth-order valence-corrected chi connectivity index (χ4v) is 9.67. The number of carbonyl (C=O) groups is 1. The van der Waals surface area contributed by atoms with Crippen molar-refractivity contribution in [2.45, 2.75) is 117 Å². The van der Waals surface area contributed by atoms with Crippen molar-refractivity contribution in [1.29, 1.82) is 0 Å². The van der Waals surface area contributed by atoms with Crippen molar-refractivity contribution in [2.75, 3.05) is 20.2 Å². The molecule has 3 N–H and O–H groups in total. The summed E-state index contributed by atoms with van der Waals surface area (Å²) in [6.45, 7) is 14.0. The third-order valence-electron chi connectivity index (χ3n) is 11.6. The minimum atomic E-state index is -0.145. The van der Waals surface area contributed by atoms with E-state index >= 15 is 0 Å². The zero-order valence-electron chi connectivity index (χ0n) is 23.4. The highest BCUT2D eigenvalue weighted by molar-refractivity contribution is 5.69. The van der Waals surface area contributed by atoms with Crippen molar-refractivity contribution in [3.05, 3.63) is 0 Å². The number of carbonyl (C=O) groups excluding carboxylic acids is 1. The number of rotatable bonds is 9. The van der Waals surface area contributed by atoms with Crippen LogP contribution in [0.2, 0.25) is 0 Å². The fraction of sp³-hybridized carbons (Fsp3) is 0.967. The van der Waals surface area contributed by atoms with E-state index in [9.17, 15) is 9.90 Å². The monoisotopic (exact) mass is 490 g/mol. The Bertz CT molecular complexity index is 728. The summed E-state index contributed by atoms with van der Waals surface area (Å²) in [4.78, 5) is 11.8. The van der Waals surface area contributed by atoms with Gasteiger partial charge in [-0.05, 0) is 104 Å². The normalized spacial score (nSPS) is 43.8. The Labute approximate surface area is 214 Å². The molecule has 4 fully saturated rings. The van der Waals surface area contributed by atoms with E-state index in [0.717, 1.165) is 25.9 Å². The van der Waals surface area contributed by atoms with E-state index in [1.54, 1.807) is 0 Å². The lowest BCUT2D eigenvalue weighted by atomic mass is 9.43. The number of ether oxygens (including phenoxy) is 1. The second kappa shape index (κ2) is 11.0. The molecule has 35 heavy (non-hydrogen) atoms. The largest absolute Gasteiger partial charge is 0.469 e. The molecule has 0 aromatic heterocycles. The summed E-state index contributed by atoms with van der Waals surface area (Å²) in [7, 11) is 1.49. The lowest BCUT2D eigenvalue weighted by Crippen LogP contribution is -2.59. The summed E-state index contributed by atoms with van der Waals surface area (Å²) in [5.41, 5.74) is 0.692. The average Bonchev–Trinajstić information content (AvgIpc) is 3.17. The molecule has 4 aliphatic rings. The van der Waals surface area contributed by atoms with Gasteiger partial charge in [-0.1, -0.05) is 34.6 Å². The molecule has 0 aromatic carbocycles. The Morgan fingerprint density at radius 1 is 1.00 bits per heavy atom. The third kappa shape index (κ3) is 5.34. The van der Waals surface area contributed by atoms with Crippen LogP contribution in [-0.4, -0.2) is 49.5 Å². The van der Waals surface area contributed by atoms with Crippen LogP contribution in [0.4, 0.5) is 0 Å². The van der Waals surface area contributed by atoms with Gasteiger partial charge in [0.05, 0.1) is 13.2 Å². The van der Waals surface area contributed by atoms with Crippen molar-refractivity contribution >= 4 is 5.97 Å². The highest BCUT2D eigenvalue weighted by Crippen LogP contribution is 2.68. The zero-order valence-corrected chi connectivity index (χ0v) is 23.4. The molecule has 4 aliphatic carbocycles. The van der Waals surface area contributed by atoms with Gasteiger partial charge in [-0.2, -0.15) is 0 Å². The molecule has 0 spiro atoms. The Kier molecular flexibility index (Phi) is 8.60. The quantitative estimate of drug-likeness (QED) is 0.308. The fourth-order valence-electron chi connectivity index (χ4n) is 9.67. The number of hydrogen-bond acceptors (Lipinski definition) is 5. The molecule has 10 atom stereocenters. The maximum atomic E-state index is 11.8. The maximum Gasteiger partial charge on any atom is 0.305 e. The average molecular weight is 491 g/mol. The number of fused-ring (bicyclic) bond motifs is 5. The first-order valence-electron chi connectivity index (χ1n) is 14.8. The molecule has 0 aromatic rings. The van der Waals surface area contributed by atoms with Crippen LogP contribution in [0.15, 0.2) is 0 Å². The smallest absolute Gasteiger partial charge is 0.305 e. The lowest BCUT2D eigenvalue weighted by Gasteiger charge is -2.62. The Morgan fingerprint density at radius 3 is 2.43 bits per heavy atom. The Balaban J connectivity index is 1.40. The lowest BCUT2D eigenvalue weighted by molar-refractivity contribution is -0.167. The molecule has 8 unspecified atom stereocenters. The van der Waals surface area contributed by atoms with E-state index in [1.165, 1.54) is 52.1 Å². The van der Waals surface area contributed by atoms with E-state index in [4.69, 9.17) is 4.74 Å². The number of methoxy groups -OCH3 is 1. The van der Waals surface area contributed by atoms with Crippen LogP contribution in [0.25, 0.3) is 0 Å². The van der Waals surface area contributed by atoms with Gasteiger partial charge < -0.3 is 20.5 Å². The maximum absolute atomic E-state index is 11.8. The Morgan fingerprint density at radius 2 is 1.71 bits per heavy atom. The van der Waals surface area contributed by atoms with E-state index in [2.05, 4.69) is 45.3 Å². The van der Waals surface area contributed by atoms with Crippen LogP contribution in [0, 0.1) is 46.3 Å². The summed E-state index contributed by atoms with van der Waals surface area (Å²) >= 11 is 0. The van der Waals surface area contributed by atoms with Gasteiger partial charge in [-0.3, -0.25) is 4.79 Å². The molecule has 5 heteroatoms. The molecular formula is C30H54N2O3. The van der Waals surface area contributed by atoms with Gasteiger partial charge in [-0.25, -0.2) is 0 Å². The summed E-state index contributed by atoms with van der Waals surface area (Å²) in [5, 5.41) is 19.0. The SMILES string of the molecule is COC(=O)CCC(C)C1CCC2C3C(CCC12C)C1(C)CCC(NCCNC(C)C)C[C@@H]1C[C@H]3O. The van der Waals surface area contributed by atoms with Gasteiger partial charge in [0.15, 0.2) is 0 Å². The molecule has 4 saturated carbocycles. The van der Waals surface area contributed by atoms with Gasteiger partial charge in [0, 0.05) is 31.6 Å². The van der Waals surface area contributed by atoms with Crippen molar-refractivity contribution in [3.8, 4) is 0 Å². The topological polar surface area (TPSA) is 70.6 Å². The van der Waals surface area contributed by atoms with Crippen LogP contribution >= 0.6 is 0 Å². The number of esters is 1. The standard InChI is InChI=1S/C30H54N2O3/c1-19(2)31-15-16-32-22-11-13-29(4)21(17-22)18-26(33)28-24-9-8-23(20(3)7-10-27(34)35-6)30(24,5)14-12-25(28)29/h19-26,28,31-33H,7-18H2,1-6H3/t20?,21-,22?,23?,24?,25?,26-,28?,29?,30?/m1/s1. The summed E-state index contributed by atoms with van der Waals surface area (Å²) in [6.07, 6.45) is 11.2. The number of hydrogen-bond donors (Lipinski definition) is 3. The molecule has 202 valence electrons. The molecule has 0 radical (unpaired) electrons. The van der Waals surface area contributed by atoms with Crippen LogP contribution in [0.5, 0.6) is 0 Å². The van der Waals surface area contributed by atoms with Crippen molar-refractivity contribution in [2.24, 2.45) is 46.3 Å². The van der Waals surface area contributed by atoms with E-state index in [-0.39, 0.29) is 12.1 Å². The first-order chi connectivity index (χ1) is 16.6. The third-order valence-corrected chi connectivity index (χ3v) is 11.6. The van der Waals surface area contributed by atoms with Gasteiger partial charge in [-0.15, -0.1) is 0 Å². The van der Waals surface area contributed by atoms with Gasteiger partial charge in [0.2, 0.25) is 0 Å². The van der Waals surface area contributed by atoms with Gasteiger partial charge in [0.1, 0.15) is 0 Å². The van der Waals surface area contributed by atoms with Crippen molar-refractivity contribution in [1.82, 2.24) is 10.6 Å².